The highest BCUT2D eigenvalue weighted by atomic mass is 32.2. The van der Waals surface area contributed by atoms with Gasteiger partial charge in [0.05, 0.1) is 4.90 Å². The lowest BCUT2D eigenvalue weighted by atomic mass is 10.2. The van der Waals surface area contributed by atoms with Crippen LogP contribution in [0.5, 0.6) is 0 Å². The second-order valence-corrected chi connectivity index (χ2v) is 8.15. The van der Waals surface area contributed by atoms with E-state index < -0.39 is 10.0 Å². The highest BCUT2D eigenvalue weighted by Crippen LogP contribution is 2.22. The molecule has 1 aromatic rings. The van der Waals surface area contributed by atoms with Gasteiger partial charge in [-0.15, -0.1) is 11.3 Å². The number of sulfonamides is 1. The summed E-state index contributed by atoms with van der Waals surface area (Å²) in [5.74, 6) is 0.323. The molecule has 0 radical (unpaired) electrons. The third kappa shape index (κ3) is 4.87. The topological polar surface area (TPSA) is 49.4 Å². The Morgan fingerprint density at radius 3 is 2.68 bits per heavy atom. The number of nitrogens with one attached hydrogen (secondary N) is 1. The summed E-state index contributed by atoms with van der Waals surface area (Å²) >= 11 is 1.49. The van der Waals surface area contributed by atoms with Gasteiger partial charge in [0.15, 0.2) is 0 Å². The van der Waals surface area contributed by atoms with Gasteiger partial charge in [0, 0.05) is 30.4 Å². The van der Waals surface area contributed by atoms with Crippen LogP contribution >= 0.6 is 11.3 Å². The lowest BCUT2D eigenvalue weighted by molar-refractivity contribution is 0.417. The maximum Gasteiger partial charge on any atom is 0.243 e. The highest BCUT2D eigenvalue weighted by Gasteiger charge is 2.22. The van der Waals surface area contributed by atoms with Crippen LogP contribution in [0.1, 0.15) is 32.1 Å². The molecule has 0 amide bonds. The summed E-state index contributed by atoms with van der Waals surface area (Å²) in [6.07, 6.45) is 1.08. The fourth-order valence-corrected chi connectivity index (χ4v) is 4.34. The molecular weight excluding hydrogens is 280 g/mol. The van der Waals surface area contributed by atoms with Crippen molar-refractivity contribution in [3.8, 4) is 0 Å². The van der Waals surface area contributed by atoms with Crippen LogP contribution in [0.2, 0.25) is 0 Å². The first-order chi connectivity index (χ1) is 8.87. The van der Waals surface area contributed by atoms with Crippen molar-refractivity contribution in [3.05, 3.63) is 16.3 Å². The predicted molar refractivity (Wildman–Crippen MR) is 81.0 cm³/mol. The Balaban J connectivity index is 2.73. The standard InChI is InChI=1S/C13H24N2O2S2/c1-5-6-14-8-12-7-13(10-18-12)19(16,17)15(4)9-11(2)3/h7,10-11,14H,5-6,8-9H2,1-4H3. The summed E-state index contributed by atoms with van der Waals surface area (Å²) in [7, 11) is -1.69. The van der Waals surface area contributed by atoms with E-state index in [9.17, 15) is 8.42 Å². The quantitative estimate of drug-likeness (QED) is 0.751. The molecular formula is C13H24N2O2S2. The molecule has 0 aliphatic rings. The minimum atomic E-state index is -3.33. The minimum Gasteiger partial charge on any atom is -0.312 e. The average molecular weight is 304 g/mol. The molecule has 1 rings (SSSR count). The van der Waals surface area contributed by atoms with Gasteiger partial charge in [-0.1, -0.05) is 20.8 Å². The summed E-state index contributed by atoms with van der Waals surface area (Å²) in [4.78, 5) is 1.47. The Kier molecular flexibility index (Phi) is 6.46. The average Bonchev–Trinajstić information content (AvgIpc) is 2.78. The van der Waals surface area contributed by atoms with E-state index in [2.05, 4.69) is 12.2 Å². The first-order valence-electron chi connectivity index (χ1n) is 6.62. The molecule has 1 N–H and O–H groups in total. The molecule has 0 saturated carbocycles. The Morgan fingerprint density at radius 2 is 2.11 bits per heavy atom. The van der Waals surface area contributed by atoms with Gasteiger partial charge >= 0.3 is 0 Å². The van der Waals surface area contributed by atoms with Crippen LogP contribution in [0.4, 0.5) is 0 Å². The zero-order valence-corrected chi connectivity index (χ0v) is 13.8. The monoisotopic (exact) mass is 304 g/mol. The number of thiophene rings is 1. The van der Waals surface area contributed by atoms with E-state index in [-0.39, 0.29) is 0 Å². The van der Waals surface area contributed by atoms with E-state index >= 15 is 0 Å². The van der Waals surface area contributed by atoms with Crippen LogP contribution in [0.15, 0.2) is 16.3 Å². The smallest absolute Gasteiger partial charge is 0.243 e. The largest absolute Gasteiger partial charge is 0.312 e. The van der Waals surface area contributed by atoms with Crippen LogP contribution in [0.25, 0.3) is 0 Å². The summed E-state index contributed by atoms with van der Waals surface area (Å²) in [6.45, 7) is 8.37. The van der Waals surface area contributed by atoms with Gasteiger partial charge in [0.1, 0.15) is 0 Å². The maximum absolute atomic E-state index is 12.3. The second-order valence-electron chi connectivity index (χ2n) is 5.10. The summed E-state index contributed by atoms with van der Waals surface area (Å²) in [5.41, 5.74) is 0. The van der Waals surface area contributed by atoms with Gasteiger partial charge in [-0.2, -0.15) is 0 Å². The minimum absolute atomic E-state index is 0.323. The molecule has 0 spiro atoms. The highest BCUT2D eigenvalue weighted by molar-refractivity contribution is 7.89. The first-order valence-corrected chi connectivity index (χ1v) is 8.94. The molecule has 1 heterocycles. The van der Waals surface area contributed by atoms with Crippen molar-refractivity contribution in [1.29, 1.82) is 0 Å². The van der Waals surface area contributed by atoms with Crippen molar-refractivity contribution in [2.75, 3.05) is 20.1 Å². The molecule has 4 nitrogen and oxygen atoms in total. The van der Waals surface area contributed by atoms with Gasteiger partial charge in [-0.3, -0.25) is 0 Å². The van der Waals surface area contributed by atoms with E-state index in [1.54, 1.807) is 18.5 Å². The molecule has 0 saturated heterocycles. The molecule has 0 aliphatic heterocycles. The third-order valence-electron chi connectivity index (χ3n) is 2.69. The Bertz CT molecular complexity index is 481. The molecule has 0 aliphatic carbocycles. The number of rotatable bonds is 8. The van der Waals surface area contributed by atoms with Crippen molar-refractivity contribution in [2.45, 2.75) is 38.6 Å². The normalized spacial score (nSPS) is 12.5. The van der Waals surface area contributed by atoms with Crippen LogP contribution in [-0.4, -0.2) is 32.9 Å². The van der Waals surface area contributed by atoms with Crippen molar-refractivity contribution < 1.29 is 8.42 Å². The molecule has 110 valence electrons. The van der Waals surface area contributed by atoms with Gasteiger partial charge in [0.2, 0.25) is 10.0 Å². The SMILES string of the molecule is CCCNCc1cc(S(=O)(=O)N(C)CC(C)C)cs1. The fourth-order valence-electron chi connectivity index (χ4n) is 1.77. The van der Waals surface area contributed by atoms with Gasteiger partial charge in [-0.05, 0) is 24.9 Å². The van der Waals surface area contributed by atoms with E-state index in [0.717, 1.165) is 24.4 Å². The molecule has 19 heavy (non-hydrogen) atoms. The van der Waals surface area contributed by atoms with Crippen LogP contribution in [0.3, 0.4) is 0 Å². The van der Waals surface area contributed by atoms with Crippen molar-refractivity contribution >= 4 is 21.4 Å². The number of hydrogen-bond donors (Lipinski definition) is 1. The van der Waals surface area contributed by atoms with Gasteiger partial charge in [0.25, 0.3) is 0 Å². The molecule has 6 heteroatoms. The Hall–Kier alpha value is -0.430. The van der Waals surface area contributed by atoms with Crippen LogP contribution in [0, 0.1) is 5.92 Å². The number of nitrogens with zero attached hydrogens (tertiary/aromatic N) is 1. The summed E-state index contributed by atoms with van der Waals surface area (Å²) < 4.78 is 26.1. The van der Waals surface area contributed by atoms with Crippen LogP contribution in [-0.2, 0) is 16.6 Å². The van der Waals surface area contributed by atoms with E-state index in [1.165, 1.54) is 15.6 Å². The molecule has 0 bridgehead atoms. The third-order valence-corrected chi connectivity index (χ3v) is 5.57. The van der Waals surface area contributed by atoms with Gasteiger partial charge < -0.3 is 5.32 Å². The zero-order chi connectivity index (χ0) is 14.5. The van der Waals surface area contributed by atoms with Gasteiger partial charge in [-0.25, -0.2) is 12.7 Å². The van der Waals surface area contributed by atoms with Crippen molar-refractivity contribution in [1.82, 2.24) is 9.62 Å². The number of hydrogen-bond acceptors (Lipinski definition) is 4. The van der Waals surface area contributed by atoms with Crippen molar-refractivity contribution in [2.24, 2.45) is 5.92 Å². The lowest BCUT2D eigenvalue weighted by Gasteiger charge is -2.18. The zero-order valence-electron chi connectivity index (χ0n) is 12.1. The molecule has 0 aromatic carbocycles. The Morgan fingerprint density at radius 1 is 1.42 bits per heavy atom. The van der Waals surface area contributed by atoms with Crippen LogP contribution < -0.4 is 5.32 Å². The fraction of sp³-hybridized carbons (Fsp3) is 0.692. The summed E-state index contributed by atoms with van der Waals surface area (Å²) in [6, 6.07) is 1.78. The van der Waals surface area contributed by atoms with E-state index in [4.69, 9.17) is 0 Å². The van der Waals surface area contributed by atoms with E-state index in [0.29, 0.717) is 17.4 Å². The summed E-state index contributed by atoms with van der Waals surface area (Å²) in [5, 5.41) is 5.01. The molecule has 1 aromatic heterocycles. The lowest BCUT2D eigenvalue weighted by Crippen LogP contribution is -2.30. The molecule has 0 unspecified atom stereocenters. The Labute approximate surface area is 120 Å². The maximum atomic E-state index is 12.3. The van der Waals surface area contributed by atoms with E-state index in [1.807, 2.05) is 13.8 Å². The first kappa shape index (κ1) is 16.6. The molecule has 0 fully saturated rings. The molecule has 0 atom stereocenters. The van der Waals surface area contributed by atoms with Crippen molar-refractivity contribution in [3.63, 3.8) is 0 Å². The predicted octanol–water partition coefficient (Wildman–Crippen LogP) is 2.52. The second kappa shape index (κ2) is 7.38.